The number of rotatable bonds is 4. The maximum absolute atomic E-state index is 5.00. The summed E-state index contributed by atoms with van der Waals surface area (Å²) in [4.78, 5) is 4.11. The fourth-order valence-electron chi connectivity index (χ4n) is 0.902. The Hall–Kier alpha value is -1.25. The predicted octanol–water partition coefficient (Wildman–Crippen LogP) is 1.56. The summed E-state index contributed by atoms with van der Waals surface area (Å²) in [5.41, 5.74) is 0. The molecule has 0 aliphatic rings. The van der Waals surface area contributed by atoms with Crippen LogP contribution < -0.4 is 0 Å². The van der Waals surface area contributed by atoms with Crippen LogP contribution in [0.2, 0.25) is 0 Å². The third-order valence-electron chi connectivity index (χ3n) is 1.47. The van der Waals surface area contributed by atoms with Crippen LogP contribution in [0.1, 0.15) is 12.7 Å². The van der Waals surface area contributed by atoms with Gasteiger partial charge in [-0.15, -0.1) is 0 Å². The van der Waals surface area contributed by atoms with Gasteiger partial charge in [0.2, 0.25) is 0 Å². The van der Waals surface area contributed by atoms with Gasteiger partial charge in [0, 0.05) is 18.9 Å². The number of ether oxygens (including phenoxy) is 1. The molecule has 0 radical (unpaired) electrons. The summed E-state index contributed by atoms with van der Waals surface area (Å²) in [6.45, 7) is 6.96. The molecule has 0 spiro atoms. The minimum Gasteiger partial charge on any atom is -0.494 e. The van der Waals surface area contributed by atoms with Gasteiger partial charge < -0.3 is 9.30 Å². The highest BCUT2D eigenvalue weighted by Gasteiger charge is 1.98. The molecule has 0 bridgehead atoms. The molecular formula is C8H12N2O. The van der Waals surface area contributed by atoms with Crippen molar-refractivity contribution in [3.8, 4) is 0 Å². The number of aromatic nitrogens is 2. The van der Waals surface area contributed by atoms with E-state index in [4.69, 9.17) is 4.74 Å². The van der Waals surface area contributed by atoms with E-state index in [9.17, 15) is 0 Å². The standard InChI is InChI=1S/C8H12N2O/c1-3-10-6-5-9-8(10)7-11-4-2/h4-6H,2-3,7H2,1H3. The molecular weight excluding hydrogens is 140 g/mol. The molecule has 0 aromatic carbocycles. The summed E-state index contributed by atoms with van der Waals surface area (Å²) >= 11 is 0. The number of imidazole rings is 1. The van der Waals surface area contributed by atoms with E-state index in [1.807, 2.05) is 10.8 Å². The van der Waals surface area contributed by atoms with Gasteiger partial charge in [0.1, 0.15) is 12.4 Å². The van der Waals surface area contributed by atoms with Crippen molar-refractivity contribution in [2.24, 2.45) is 0 Å². The highest BCUT2D eigenvalue weighted by molar-refractivity contribution is 4.90. The molecule has 11 heavy (non-hydrogen) atoms. The third-order valence-corrected chi connectivity index (χ3v) is 1.47. The Morgan fingerprint density at radius 3 is 3.27 bits per heavy atom. The lowest BCUT2D eigenvalue weighted by atomic mass is 10.6. The predicted molar refractivity (Wildman–Crippen MR) is 42.9 cm³/mol. The van der Waals surface area contributed by atoms with Crippen LogP contribution in [-0.4, -0.2) is 9.55 Å². The highest BCUT2D eigenvalue weighted by Crippen LogP contribution is 1.98. The van der Waals surface area contributed by atoms with Gasteiger partial charge in [-0.1, -0.05) is 6.58 Å². The first-order valence-corrected chi connectivity index (χ1v) is 3.61. The van der Waals surface area contributed by atoms with E-state index in [0.29, 0.717) is 6.61 Å². The third kappa shape index (κ3) is 1.83. The van der Waals surface area contributed by atoms with Crippen LogP contribution in [0.4, 0.5) is 0 Å². The minimum atomic E-state index is 0.504. The molecule has 0 atom stereocenters. The van der Waals surface area contributed by atoms with Crippen molar-refractivity contribution in [2.75, 3.05) is 0 Å². The van der Waals surface area contributed by atoms with E-state index in [2.05, 4.69) is 18.5 Å². The zero-order chi connectivity index (χ0) is 8.10. The van der Waals surface area contributed by atoms with E-state index < -0.39 is 0 Å². The smallest absolute Gasteiger partial charge is 0.146 e. The molecule has 3 nitrogen and oxygen atoms in total. The number of aryl methyl sites for hydroxylation is 1. The summed E-state index contributed by atoms with van der Waals surface area (Å²) in [6.07, 6.45) is 5.13. The fourth-order valence-corrected chi connectivity index (χ4v) is 0.902. The van der Waals surface area contributed by atoms with Crippen molar-refractivity contribution < 1.29 is 4.74 Å². The average molecular weight is 152 g/mol. The molecule has 0 N–H and O–H groups in total. The van der Waals surface area contributed by atoms with E-state index in [1.165, 1.54) is 6.26 Å². The molecule has 1 aromatic rings. The molecule has 0 amide bonds. The first kappa shape index (κ1) is 7.85. The number of nitrogens with zero attached hydrogens (tertiary/aromatic N) is 2. The van der Waals surface area contributed by atoms with Crippen LogP contribution in [0.3, 0.4) is 0 Å². The molecule has 3 heteroatoms. The lowest BCUT2D eigenvalue weighted by molar-refractivity contribution is 0.225. The van der Waals surface area contributed by atoms with E-state index in [-0.39, 0.29) is 0 Å². The number of hydrogen-bond acceptors (Lipinski definition) is 2. The molecule has 0 saturated heterocycles. The van der Waals surface area contributed by atoms with Gasteiger partial charge in [0.25, 0.3) is 0 Å². The van der Waals surface area contributed by atoms with Gasteiger partial charge in [-0.2, -0.15) is 0 Å². The lowest BCUT2D eigenvalue weighted by Gasteiger charge is -2.02. The Morgan fingerprint density at radius 2 is 2.64 bits per heavy atom. The van der Waals surface area contributed by atoms with Gasteiger partial charge in [-0.25, -0.2) is 4.98 Å². The molecule has 0 aliphatic heterocycles. The van der Waals surface area contributed by atoms with Crippen molar-refractivity contribution in [1.82, 2.24) is 9.55 Å². The molecule has 1 aromatic heterocycles. The molecule has 0 saturated carbocycles. The van der Waals surface area contributed by atoms with Crippen molar-refractivity contribution in [3.05, 3.63) is 31.1 Å². The maximum Gasteiger partial charge on any atom is 0.146 e. The van der Waals surface area contributed by atoms with Gasteiger partial charge in [-0.05, 0) is 6.92 Å². The Bertz CT molecular complexity index is 230. The largest absolute Gasteiger partial charge is 0.494 e. The SMILES string of the molecule is C=COCc1nccn1CC. The van der Waals surface area contributed by atoms with E-state index in [1.54, 1.807) is 6.20 Å². The topological polar surface area (TPSA) is 27.1 Å². The quantitative estimate of drug-likeness (QED) is 0.612. The Labute approximate surface area is 66.3 Å². The Kier molecular flexibility index (Phi) is 2.72. The van der Waals surface area contributed by atoms with Gasteiger partial charge in [0.15, 0.2) is 0 Å². The van der Waals surface area contributed by atoms with Crippen molar-refractivity contribution in [1.29, 1.82) is 0 Å². The Balaban J connectivity index is 2.60. The lowest BCUT2D eigenvalue weighted by Crippen LogP contribution is -2.01. The van der Waals surface area contributed by atoms with E-state index >= 15 is 0 Å². The molecule has 1 heterocycles. The van der Waals surface area contributed by atoms with Crippen LogP contribution in [-0.2, 0) is 17.9 Å². The summed E-state index contributed by atoms with van der Waals surface area (Å²) in [5, 5.41) is 0. The van der Waals surface area contributed by atoms with Crippen LogP contribution in [0.15, 0.2) is 25.2 Å². The molecule has 60 valence electrons. The van der Waals surface area contributed by atoms with Gasteiger partial charge >= 0.3 is 0 Å². The van der Waals surface area contributed by atoms with Crippen LogP contribution >= 0.6 is 0 Å². The molecule has 0 unspecified atom stereocenters. The summed E-state index contributed by atoms with van der Waals surface area (Å²) in [7, 11) is 0. The normalized spacial score (nSPS) is 9.55. The summed E-state index contributed by atoms with van der Waals surface area (Å²) < 4.78 is 7.03. The average Bonchev–Trinajstić information content (AvgIpc) is 2.47. The highest BCUT2D eigenvalue weighted by atomic mass is 16.5. The van der Waals surface area contributed by atoms with Crippen LogP contribution in [0.5, 0.6) is 0 Å². The van der Waals surface area contributed by atoms with Crippen LogP contribution in [0, 0.1) is 0 Å². The van der Waals surface area contributed by atoms with Gasteiger partial charge in [-0.3, -0.25) is 0 Å². The zero-order valence-electron chi connectivity index (χ0n) is 6.66. The monoisotopic (exact) mass is 152 g/mol. The molecule has 0 fully saturated rings. The first-order valence-electron chi connectivity index (χ1n) is 3.61. The molecule has 0 aliphatic carbocycles. The Morgan fingerprint density at radius 1 is 1.82 bits per heavy atom. The second kappa shape index (κ2) is 3.81. The second-order valence-corrected chi connectivity index (χ2v) is 2.11. The number of hydrogen-bond donors (Lipinski definition) is 0. The first-order chi connectivity index (χ1) is 5.38. The zero-order valence-corrected chi connectivity index (χ0v) is 6.66. The summed E-state index contributed by atoms with van der Waals surface area (Å²) in [5.74, 6) is 0.937. The summed E-state index contributed by atoms with van der Waals surface area (Å²) in [6, 6.07) is 0. The van der Waals surface area contributed by atoms with Crippen molar-refractivity contribution in [3.63, 3.8) is 0 Å². The second-order valence-electron chi connectivity index (χ2n) is 2.11. The maximum atomic E-state index is 5.00. The molecule has 1 rings (SSSR count). The fraction of sp³-hybridized carbons (Fsp3) is 0.375. The van der Waals surface area contributed by atoms with Gasteiger partial charge in [0.05, 0.1) is 6.26 Å². The van der Waals surface area contributed by atoms with Crippen LogP contribution in [0.25, 0.3) is 0 Å². The van der Waals surface area contributed by atoms with E-state index in [0.717, 1.165) is 12.4 Å². The van der Waals surface area contributed by atoms with Crippen molar-refractivity contribution >= 4 is 0 Å². The van der Waals surface area contributed by atoms with Crippen molar-refractivity contribution in [2.45, 2.75) is 20.1 Å². The minimum absolute atomic E-state index is 0.504.